The Morgan fingerprint density at radius 3 is 2.58 bits per heavy atom. The summed E-state index contributed by atoms with van der Waals surface area (Å²) in [6.07, 6.45) is 3.35. The lowest BCUT2D eigenvalue weighted by atomic mass is 10.0. The van der Waals surface area contributed by atoms with Crippen LogP contribution in [-0.4, -0.2) is 69.8 Å². The number of para-hydroxylation sites is 1. The van der Waals surface area contributed by atoms with Crippen molar-refractivity contribution in [1.82, 2.24) is 24.9 Å². The highest BCUT2D eigenvalue weighted by Gasteiger charge is 2.33. The molecule has 0 aliphatic carbocycles. The van der Waals surface area contributed by atoms with E-state index in [-0.39, 0.29) is 31.7 Å². The van der Waals surface area contributed by atoms with E-state index >= 15 is 0 Å². The van der Waals surface area contributed by atoms with Crippen LogP contribution < -0.4 is 19.7 Å². The zero-order chi connectivity index (χ0) is 30.6. The number of carbonyl (C=O) groups excluding carboxylic acids is 2. The summed E-state index contributed by atoms with van der Waals surface area (Å²) in [5.74, 6) is 0.385. The molecule has 2 aliphatic rings. The molecule has 4 heterocycles. The summed E-state index contributed by atoms with van der Waals surface area (Å²) >= 11 is 0. The Labute approximate surface area is 259 Å². The summed E-state index contributed by atoms with van der Waals surface area (Å²) in [7, 11) is 0. The number of carbonyl (C=O) groups is 2. The Kier molecular flexibility index (Phi) is 7.94. The second kappa shape index (κ2) is 12.6. The fourth-order valence-corrected chi connectivity index (χ4v) is 5.61. The first-order valence-corrected chi connectivity index (χ1v) is 14.7. The molecule has 2 aromatic heterocycles. The van der Waals surface area contributed by atoms with Gasteiger partial charge in [0.25, 0.3) is 5.91 Å². The number of nitrogens with zero attached hydrogens (tertiary/aromatic N) is 6. The summed E-state index contributed by atoms with van der Waals surface area (Å²) in [6.45, 7) is 3.07. The first-order chi connectivity index (χ1) is 22.1. The maximum Gasteiger partial charge on any atom is 0.251 e. The number of anilines is 2. The van der Waals surface area contributed by atoms with Crippen LogP contribution in [0.25, 0.3) is 11.0 Å². The molecule has 5 aromatic rings. The van der Waals surface area contributed by atoms with Crippen molar-refractivity contribution < 1.29 is 23.8 Å². The Morgan fingerprint density at radius 1 is 0.933 bits per heavy atom. The highest BCUT2D eigenvalue weighted by Crippen LogP contribution is 2.36. The Balaban J connectivity index is 1.23. The predicted octanol–water partition coefficient (Wildman–Crippen LogP) is 3.80. The molecule has 1 N–H and O–H groups in total. The van der Waals surface area contributed by atoms with Crippen LogP contribution in [0.2, 0.25) is 0 Å². The van der Waals surface area contributed by atoms with E-state index in [1.807, 2.05) is 54.6 Å². The van der Waals surface area contributed by atoms with Gasteiger partial charge in [0, 0.05) is 43.4 Å². The number of amides is 2. The molecule has 2 aliphatic heterocycles. The second-order valence-electron chi connectivity index (χ2n) is 10.8. The topological polar surface area (TPSA) is 124 Å². The van der Waals surface area contributed by atoms with Gasteiger partial charge in [-0.15, -0.1) is 5.10 Å². The van der Waals surface area contributed by atoms with Crippen molar-refractivity contribution in [2.45, 2.75) is 19.1 Å². The number of hydrogen-bond donors (Lipinski definition) is 1. The molecular formula is C33H31N7O5. The lowest BCUT2D eigenvalue weighted by molar-refractivity contribution is -0.140. The number of hydrogen-bond acceptors (Lipinski definition) is 9. The maximum absolute atomic E-state index is 14.3. The number of pyridine rings is 1. The molecule has 0 saturated carbocycles. The zero-order valence-electron chi connectivity index (χ0n) is 24.4. The van der Waals surface area contributed by atoms with Crippen molar-refractivity contribution >= 4 is 34.2 Å². The van der Waals surface area contributed by atoms with Gasteiger partial charge in [-0.1, -0.05) is 29.5 Å². The van der Waals surface area contributed by atoms with Gasteiger partial charge in [-0.2, -0.15) is 0 Å². The first-order valence-electron chi connectivity index (χ1n) is 14.7. The second-order valence-corrected chi connectivity index (χ2v) is 10.8. The minimum absolute atomic E-state index is 0.0862. The third kappa shape index (κ3) is 6.13. The number of nitrogens with one attached hydrogen (secondary N) is 1. The van der Waals surface area contributed by atoms with Gasteiger partial charge in [-0.05, 0) is 65.7 Å². The van der Waals surface area contributed by atoms with E-state index in [4.69, 9.17) is 14.2 Å². The SMILES string of the molecule is O=C(Nc1ccc(N2CCOCC2)cc1)C(c1ccc2c(c1)OCO2)N(Cc1cccnc1)C(=O)Cn1nnc2ccccc21. The van der Waals surface area contributed by atoms with Gasteiger partial charge in [0.2, 0.25) is 12.7 Å². The molecular weight excluding hydrogens is 574 g/mol. The van der Waals surface area contributed by atoms with E-state index in [1.54, 1.807) is 46.2 Å². The minimum atomic E-state index is -1.03. The largest absolute Gasteiger partial charge is 0.454 e. The van der Waals surface area contributed by atoms with Crippen LogP contribution in [0, 0.1) is 0 Å². The highest BCUT2D eigenvalue weighted by molar-refractivity contribution is 5.98. The van der Waals surface area contributed by atoms with E-state index in [0.717, 1.165) is 29.9 Å². The van der Waals surface area contributed by atoms with Gasteiger partial charge in [0.05, 0.1) is 18.7 Å². The van der Waals surface area contributed by atoms with E-state index in [0.29, 0.717) is 41.5 Å². The predicted molar refractivity (Wildman–Crippen MR) is 166 cm³/mol. The lowest BCUT2D eigenvalue weighted by Gasteiger charge is -2.32. The third-order valence-electron chi connectivity index (χ3n) is 7.88. The number of fused-ring (bicyclic) bond motifs is 2. The maximum atomic E-state index is 14.3. The van der Waals surface area contributed by atoms with Gasteiger partial charge in [-0.3, -0.25) is 14.6 Å². The van der Waals surface area contributed by atoms with Crippen molar-refractivity contribution in [2.24, 2.45) is 0 Å². The van der Waals surface area contributed by atoms with Crippen LogP contribution in [0.1, 0.15) is 17.2 Å². The monoisotopic (exact) mass is 605 g/mol. The van der Waals surface area contributed by atoms with Crippen molar-refractivity contribution in [3.05, 3.63) is 102 Å². The van der Waals surface area contributed by atoms with Gasteiger partial charge >= 0.3 is 0 Å². The summed E-state index contributed by atoms with van der Waals surface area (Å²) in [4.78, 5) is 36.6. The molecule has 3 aromatic carbocycles. The smallest absolute Gasteiger partial charge is 0.251 e. The molecule has 1 saturated heterocycles. The van der Waals surface area contributed by atoms with Crippen LogP contribution in [-0.2, 0) is 27.4 Å². The molecule has 1 unspecified atom stereocenters. The van der Waals surface area contributed by atoms with Crippen molar-refractivity contribution in [3.8, 4) is 11.5 Å². The average Bonchev–Trinajstić information content (AvgIpc) is 3.72. The van der Waals surface area contributed by atoms with Crippen molar-refractivity contribution in [1.29, 1.82) is 0 Å². The Morgan fingerprint density at radius 2 is 1.76 bits per heavy atom. The fourth-order valence-electron chi connectivity index (χ4n) is 5.61. The van der Waals surface area contributed by atoms with Crippen molar-refractivity contribution in [3.63, 3.8) is 0 Å². The fraction of sp³-hybridized carbons (Fsp3) is 0.242. The average molecular weight is 606 g/mol. The lowest BCUT2D eigenvalue weighted by Crippen LogP contribution is -2.42. The molecule has 12 heteroatoms. The summed E-state index contributed by atoms with van der Waals surface area (Å²) in [5, 5.41) is 11.5. The summed E-state index contributed by atoms with van der Waals surface area (Å²) < 4.78 is 18.2. The van der Waals surface area contributed by atoms with Crippen LogP contribution in [0.15, 0.2) is 91.3 Å². The number of aromatic nitrogens is 4. The summed E-state index contributed by atoms with van der Waals surface area (Å²) in [5.41, 5.74) is 4.40. The normalized spacial score (nSPS) is 14.7. The van der Waals surface area contributed by atoms with Gasteiger partial charge < -0.3 is 29.3 Å². The van der Waals surface area contributed by atoms with Crippen molar-refractivity contribution in [2.75, 3.05) is 43.3 Å². The minimum Gasteiger partial charge on any atom is -0.454 e. The molecule has 45 heavy (non-hydrogen) atoms. The standard InChI is InChI=1S/C33H31N7O5/c41-31(21-40-28-6-2-1-5-27(28)36-37-40)39(20-23-4-3-13-34-19-23)32(24-7-12-29-30(18-24)45-22-44-29)33(42)35-25-8-10-26(11-9-25)38-14-16-43-17-15-38/h1-13,18-19,32H,14-17,20-22H2,(H,35,42). The van der Waals surface area contributed by atoms with Crippen LogP contribution in [0.5, 0.6) is 11.5 Å². The van der Waals surface area contributed by atoms with Gasteiger partial charge in [0.1, 0.15) is 18.1 Å². The van der Waals surface area contributed by atoms with Gasteiger partial charge in [0.15, 0.2) is 11.5 Å². The van der Waals surface area contributed by atoms with Crippen LogP contribution in [0.3, 0.4) is 0 Å². The number of morpholine rings is 1. The Bertz CT molecular complexity index is 1810. The third-order valence-corrected chi connectivity index (χ3v) is 7.88. The van der Waals surface area contributed by atoms with Crippen LogP contribution in [0.4, 0.5) is 11.4 Å². The zero-order valence-corrected chi connectivity index (χ0v) is 24.4. The van der Waals surface area contributed by atoms with E-state index < -0.39 is 6.04 Å². The molecule has 12 nitrogen and oxygen atoms in total. The molecule has 0 radical (unpaired) electrons. The molecule has 1 atom stereocenters. The van der Waals surface area contributed by atoms with Gasteiger partial charge in [-0.25, -0.2) is 4.68 Å². The number of ether oxygens (including phenoxy) is 3. The number of rotatable bonds is 9. The summed E-state index contributed by atoms with van der Waals surface area (Å²) in [6, 6.07) is 23.1. The highest BCUT2D eigenvalue weighted by atomic mass is 16.7. The number of benzene rings is 3. The molecule has 228 valence electrons. The molecule has 7 rings (SSSR count). The van der Waals surface area contributed by atoms with E-state index in [2.05, 4.69) is 25.5 Å². The molecule has 1 fully saturated rings. The van der Waals surface area contributed by atoms with E-state index in [1.165, 1.54) is 0 Å². The molecule has 2 amide bonds. The van der Waals surface area contributed by atoms with E-state index in [9.17, 15) is 9.59 Å². The molecule has 0 spiro atoms. The molecule has 0 bridgehead atoms. The first kappa shape index (κ1) is 28.3. The quantitative estimate of drug-likeness (QED) is 0.267. The Hall–Kier alpha value is -5.49. The van der Waals surface area contributed by atoms with Crippen LogP contribution >= 0.6 is 0 Å².